The van der Waals surface area contributed by atoms with E-state index in [1.807, 2.05) is 6.92 Å². The molecule has 0 bridgehead atoms. The summed E-state index contributed by atoms with van der Waals surface area (Å²) in [6, 6.07) is 5.16. The second-order valence-electron chi connectivity index (χ2n) is 4.48. The minimum atomic E-state index is -0.155. The van der Waals surface area contributed by atoms with Gasteiger partial charge in [-0.1, -0.05) is 0 Å². The van der Waals surface area contributed by atoms with Gasteiger partial charge in [-0.25, -0.2) is 0 Å². The highest BCUT2D eigenvalue weighted by Gasteiger charge is 2.21. The second-order valence-corrected chi connectivity index (χ2v) is 5.63. The summed E-state index contributed by atoms with van der Waals surface area (Å²) >= 11 is 1.78. The number of amides is 1. The molecule has 5 nitrogen and oxygen atoms in total. The maximum Gasteiger partial charge on any atom is 0.242 e. The van der Waals surface area contributed by atoms with Gasteiger partial charge >= 0.3 is 0 Å². The van der Waals surface area contributed by atoms with Gasteiger partial charge in [-0.15, -0.1) is 0 Å². The first kappa shape index (κ1) is 15.2. The van der Waals surface area contributed by atoms with E-state index in [0.717, 1.165) is 18.1 Å². The minimum absolute atomic E-state index is 0.0368. The molecule has 1 unspecified atom stereocenters. The Morgan fingerprint density at radius 3 is 3.10 bits per heavy atom. The van der Waals surface area contributed by atoms with Crippen LogP contribution in [0.15, 0.2) is 18.2 Å². The summed E-state index contributed by atoms with van der Waals surface area (Å²) in [5, 5.41) is 15.4. The average molecular weight is 296 g/mol. The first-order valence-electron chi connectivity index (χ1n) is 6.73. The molecule has 1 aliphatic heterocycles. The zero-order valence-corrected chi connectivity index (χ0v) is 12.3. The molecular weight excluding hydrogens is 276 g/mol. The van der Waals surface area contributed by atoms with Crippen molar-refractivity contribution in [2.45, 2.75) is 19.6 Å². The van der Waals surface area contributed by atoms with E-state index in [-0.39, 0.29) is 18.6 Å². The summed E-state index contributed by atoms with van der Waals surface area (Å²) in [5.74, 6) is 2.45. The van der Waals surface area contributed by atoms with E-state index in [9.17, 15) is 9.90 Å². The van der Waals surface area contributed by atoms with Gasteiger partial charge in [-0.3, -0.25) is 4.79 Å². The van der Waals surface area contributed by atoms with Crippen molar-refractivity contribution >= 4 is 23.4 Å². The van der Waals surface area contributed by atoms with E-state index >= 15 is 0 Å². The SMILES string of the molecule is CCOc1ccc(NC(=O)C2CSCCN2)cc1CO. The van der Waals surface area contributed by atoms with Crippen LogP contribution in [0.4, 0.5) is 5.69 Å². The molecule has 0 aliphatic carbocycles. The summed E-state index contributed by atoms with van der Waals surface area (Å²) in [6.45, 7) is 3.18. The number of benzene rings is 1. The Morgan fingerprint density at radius 2 is 2.45 bits per heavy atom. The summed E-state index contributed by atoms with van der Waals surface area (Å²) in [7, 11) is 0. The van der Waals surface area contributed by atoms with Gasteiger partial charge in [-0.05, 0) is 25.1 Å². The fourth-order valence-electron chi connectivity index (χ4n) is 2.04. The molecule has 0 saturated carbocycles. The lowest BCUT2D eigenvalue weighted by molar-refractivity contribution is -0.117. The highest BCUT2D eigenvalue weighted by molar-refractivity contribution is 7.99. The molecule has 0 aromatic heterocycles. The smallest absolute Gasteiger partial charge is 0.242 e. The van der Waals surface area contributed by atoms with Crippen molar-refractivity contribution < 1.29 is 14.6 Å². The van der Waals surface area contributed by atoms with E-state index in [1.54, 1.807) is 30.0 Å². The Morgan fingerprint density at radius 1 is 1.60 bits per heavy atom. The topological polar surface area (TPSA) is 70.6 Å². The number of carbonyl (C=O) groups excluding carboxylic acids is 1. The van der Waals surface area contributed by atoms with Crippen LogP contribution in [0, 0.1) is 0 Å². The third kappa shape index (κ3) is 3.88. The van der Waals surface area contributed by atoms with E-state index in [4.69, 9.17) is 4.74 Å². The van der Waals surface area contributed by atoms with Gasteiger partial charge < -0.3 is 20.5 Å². The van der Waals surface area contributed by atoms with Crippen LogP contribution < -0.4 is 15.4 Å². The number of hydrogen-bond donors (Lipinski definition) is 3. The van der Waals surface area contributed by atoms with Gasteiger partial charge in [0.05, 0.1) is 19.3 Å². The van der Waals surface area contributed by atoms with E-state index in [2.05, 4.69) is 10.6 Å². The van der Waals surface area contributed by atoms with Crippen molar-refractivity contribution in [3.05, 3.63) is 23.8 Å². The highest BCUT2D eigenvalue weighted by Crippen LogP contribution is 2.23. The quantitative estimate of drug-likeness (QED) is 0.762. The van der Waals surface area contributed by atoms with Crippen LogP contribution in [-0.2, 0) is 11.4 Å². The van der Waals surface area contributed by atoms with Gasteiger partial charge in [0.2, 0.25) is 5.91 Å². The number of ether oxygens (including phenoxy) is 1. The van der Waals surface area contributed by atoms with Crippen molar-refractivity contribution in [2.24, 2.45) is 0 Å². The summed E-state index contributed by atoms with van der Waals surface area (Å²) in [4.78, 5) is 12.1. The van der Waals surface area contributed by atoms with Crippen molar-refractivity contribution in [2.75, 3.05) is 30.0 Å². The molecule has 1 aromatic rings. The molecule has 1 atom stereocenters. The van der Waals surface area contributed by atoms with Gasteiger partial charge in [0, 0.05) is 29.3 Å². The van der Waals surface area contributed by atoms with Crippen LogP contribution in [0.3, 0.4) is 0 Å². The lowest BCUT2D eigenvalue weighted by Crippen LogP contribution is -2.46. The molecule has 1 fully saturated rings. The van der Waals surface area contributed by atoms with Crippen LogP contribution in [-0.4, -0.2) is 41.7 Å². The van der Waals surface area contributed by atoms with E-state index in [0.29, 0.717) is 23.6 Å². The highest BCUT2D eigenvalue weighted by atomic mass is 32.2. The summed E-state index contributed by atoms with van der Waals surface area (Å²) < 4.78 is 5.42. The Kier molecular flexibility index (Phi) is 5.70. The maximum atomic E-state index is 12.1. The van der Waals surface area contributed by atoms with Crippen molar-refractivity contribution in [1.82, 2.24) is 5.32 Å². The van der Waals surface area contributed by atoms with E-state index < -0.39 is 0 Å². The van der Waals surface area contributed by atoms with Gasteiger partial charge in [0.15, 0.2) is 0 Å². The molecular formula is C14H20N2O3S. The molecule has 1 heterocycles. The lowest BCUT2D eigenvalue weighted by atomic mass is 10.1. The predicted octanol–water partition coefficient (Wildman–Crippen LogP) is 1.22. The number of aliphatic hydroxyl groups is 1. The summed E-state index contributed by atoms with van der Waals surface area (Å²) in [5.41, 5.74) is 1.36. The third-order valence-corrected chi connectivity index (χ3v) is 4.10. The van der Waals surface area contributed by atoms with Crippen LogP contribution in [0.1, 0.15) is 12.5 Å². The Bertz CT molecular complexity index is 462. The first-order valence-corrected chi connectivity index (χ1v) is 7.88. The van der Waals surface area contributed by atoms with Crippen molar-refractivity contribution in [3.8, 4) is 5.75 Å². The summed E-state index contributed by atoms with van der Waals surface area (Å²) in [6.07, 6.45) is 0. The van der Waals surface area contributed by atoms with Crippen LogP contribution in [0.25, 0.3) is 0 Å². The van der Waals surface area contributed by atoms with Crippen LogP contribution >= 0.6 is 11.8 Å². The van der Waals surface area contributed by atoms with Crippen molar-refractivity contribution in [1.29, 1.82) is 0 Å². The molecule has 3 N–H and O–H groups in total. The first-order chi connectivity index (χ1) is 9.74. The maximum absolute atomic E-state index is 12.1. The number of anilines is 1. The zero-order chi connectivity index (χ0) is 14.4. The predicted molar refractivity (Wildman–Crippen MR) is 81.3 cm³/mol. The Hall–Kier alpha value is -1.24. The number of hydrogen-bond acceptors (Lipinski definition) is 5. The molecule has 0 radical (unpaired) electrons. The van der Waals surface area contributed by atoms with Gasteiger partial charge in [0.25, 0.3) is 0 Å². The molecule has 1 saturated heterocycles. The molecule has 0 spiro atoms. The molecule has 2 rings (SSSR count). The molecule has 20 heavy (non-hydrogen) atoms. The third-order valence-electron chi connectivity index (χ3n) is 3.04. The van der Waals surface area contributed by atoms with Crippen LogP contribution in [0.5, 0.6) is 5.75 Å². The Balaban J connectivity index is 2.03. The van der Waals surface area contributed by atoms with Gasteiger partial charge in [-0.2, -0.15) is 11.8 Å². The van der Waals surface area contributed by atoms with Gasteiger partial charge in [0.1, 0.15) is 5.75 Å². The monoisotopic (exact) mass is 296 g/mol. The second kappa shape index (κ2) is 7.52. The molecule has 6 heteroatoms. The lowest BCUT2D eigenvalue weighted by Gasteiger charge is -2.22. The van der Waals surface area contributed by atoms with Crippen molar-refractivity contribution in [3.63, 3.8) is 0 Å². The Labute approximate surface area is 123 Å². The number of aliphatic hydroxyl groups excluding tert-OH is 1. The number of thioether (sulfide) groups is 1. The zero-order valence-electron chi connectivity index (χ0n) is 11.5. The normalized spacial score (nSPS) is 18.6. The number of nitrogens with one attached hydrogen (secondary N) is 2. The number of rotatable bonds is 5. The largest absolute Gasteiger partial charge is 0.494 e. The van der Waals surface area contributed by atoms with Crippen LogP contribution in [0.2, 0.25) is 0 Å². The van der Waals surface area contributed by atoms with E-state index in [1.165, 1.54) is 0 Å². The molecule has 110 valence electrons. The minimum Gasteiger partial charge on any atom is -0.494 e. The fourth-order valence-corrected chi connectivity index (χ4v) is 2.97. The molecule has 1 amide bonds. The fraction of sp³-hybridized carbons (Fsp3) is 0.500. The average Bonchev–Trinajstić information content (AvgIpc) is 2.50. The number of carbonyl (C=O) groups is 1. The molecule has 1 aromatic carbocycles. The standard InChI is InChI=1S/C14H20N2O3S/c1-2-19-13-4-3-11(7-10(13)8-17)16-14(18)12-9-20-6-5-15-12/h3-4,7,12,15,17H,2,5-6,8-9H2,1H3,(H,16,18). The molecule has 1 aliphatic rings.